The number of sulfone groups is 4. The van der Waals surface area contributed by atoms with Crippen LogP contribution >= 0.6 is 0 Å². The van der Waals surface area contributed by atoms with Gasteiger partial charge in [0, 0.05) is 25.0 Å². The van der Waals surface area contributed by atoms with E-state index in [2.05, 4.69) is 47.4 Å². The Labute approximate surface area is 727 Å². The predicted molar refractivity (Wildman–Crippen MR) is 488 cm³/mol. The first-order valence-corrected chi connectivity index (χ1v) is 48.2. The number of aryl methyl sites for hydroxylation is 4. The number of ether oxygens (including phenoxy) is 2. The molecule has 2 N–H and O–H groups in total. The fourth-order valence-corrected chi connectivity index (χ4v) is 18.0. The summed E-state index contributed by atoms with van der Waals surface area (Å²) in [5.41, 5.74) is 21.3. The average Bonchev–Trinajstić information content (AvgIpc) is 0.972. The van der Waals surface area contributed by atoms with Gasteiger partial charge in [-0.2, -0.15) is 20.4 Å². The summed E-state index contributed by atoms with van der Waals surface area (Å²) in [5, 5.41) is 36.2. The second-order valence-corrected chi connectivity index (χ2v) is 38.7. The van der Waals surface area contributed by atoms with Gasteiger partial charge in [0.15, 0.2) is 39.3 Å². The zero-order valence-electron chi connectivity index (χ0n) is 72.9. The summed E-state index contributed by atoms with van der Waals surface area (Å²) in [6.07, 6.45) is 7.51. The Morgan fingerprint density at radius 2 is 0.532 bits per heavy atom. The van der Waals surface area contributed by atoms with Gasteiger partial charge >= 0.3 is 23.9 Å². The van der Waals surface area contributed by atoms with E-state index in [4.69, 9.17) is 9.47 Å². The van der Waals surface area contributed by atoms with Gasteiger partial charge in [0.2, 0.25) is 0 Å². The minimum absolute atomic E-state index is 0.00834. The van der Waals surface area contributed by atoms with Crippen LogP contribution in [0.4, 0.5) is 0 Å². The summed E-state index contributed by atoms with van der Waals surface area (Å²) in [4.78, 5) is 47.9. The van der Waals surface area contributed by atoms with Crippen molar-refractivity contribution in [3.63, 3.8) is 0 Å². The summed E-state index contributed by atoms with van der Waals surface area (Å²) in [6.45, 7) is 31.2. The number of hydrogen-bond donors (Lipinski definition) is 2. The van der Waals surface area contributed by atoms with Gasteiger partial charge in [-0.15, -0.1) is 0 Å². The van der Waals surface area contributed by atoms with Crippen LogP contribution in [0, 0.1) is 0 Å². The van der Waals surface area contributed by atoms with Gasteiger partial charge < -0.3 is 19.7 Å². The Morgan fingerprint density at radius 1 is 0.323 bits per heavy atom. The maximum Gasteiger partial charge on any atom is 0.327 e. The van der Waals surface area contributed by atoms with Gasteiger partial charge in [0.1, 0.15) is 26.2 Å². The number of hydrogen-bond acceptors (Lipinski definition) is 18. The molecule has 0 atom stereocenters. The Morgan fingerprint density at radius 3 is 0.742 bits per heavy atom. The molecule has 12 rings (SSSR count). The molecule has 0 spiro atoms. The first kappa shape index (κ1) is 95.6. The summed E-state index contributed by atoms with van der Waals surface area (Å²) in [7, 11) is -13.3. The molecule has 0 bridgehead atoms. The van der Waals surface area contributed by atoms with Crippen LogP contribution in [0.25, 0.3) is 101 Å². The highest BCUT2D eigenvalue weighted by Gasteiger charge is 2.24. The molecule has 12 aromatic rings. The van der Waals surface area contributed by atoms with Crippen molar-refractivity contribution in [3.8, 4) is 89.5 Å². The fraction of sp³-hybridized carbons (Fsp3) is 0.292. The lowest BCUT2D eigenvalue weighted by atomic mass is 10.0. The van der Waals surface area contributed by atoms with E-state index in [-0.39, 0.29) is 50.0 Å². The van der Waals surface area contributed by atoms with Crippen LogP contribution in [0.3, 0.4) is 0 Å². The maximum absolute atomic E-state index is 12.2. The number of carboxylic acids is 2. The molecule has 124 heavy (non-hydrogen) atoms. The molecule has 0 saturated carbocycles. The molecular formula is C96H108N8O16S4. The molecule has 0 radical (unpaired) electrons. The molecule has 0 aliphatic rings. The standard InChI is InChI=1S/C25H30N2O4S.C25H28N2O4S.C23H26N2O4S.C23H24N2O4S/c2*1-6-18-8-13-21(14-24(18)32(5,29)30)19-9-11-20(12-10-19)23-15-22(17(3)4)26-27(23)16-25(28)31-7-2;2*1-5-16-6-11-19(12-22(16)30(4,28)29)17-7-9-18(10-8-17)21-13-20(15(2)3)24-25(21)14-23(26)27/h8-15,17H,6-7,16H2,1-5H3;8-15H,3,6-7,16H2,1-2,4-5H3;6-13,15H,5,14H2,1-4H3,(H,26,27);6-13H,2,5,14H2,1,3-4H3,(H,26,27). The summed E-state index contributed by atoms with van der Waals surface area (Å²) in [6, 6.07) is 60.4. The molecule has 0 aliphatic heterocycles. The van der Waals surface area contributed by atoms with Crippen LogP contribution in [0.2, 0.25) is 0 Å². The number of aromatic nitrogens is 8. The number of carbonyl (C=O) groups is 4. The van der Waals surface area contributed by atoms with E-state index < -0.39 is 51.3 Å². The van der Waals surface area contributed by atoms with E-state index >= 15 is 0 Å². The lowest BCUT2D eigenvalue weighted by Crippen LogP contribution is -2.15. The fourth-order valence-electron chi connectivity index (χ4n) is 13.8. The molecule has 0 fully saturated rings. The summed E-state index contributed by atoms with van der Waals surface area (Å²) in [5.74, 6) is -2.20. The molecule has 0 saturated heterocycles. The third-order valence-electron chi connectivity index (χ3n) is 20.4. The van der Waals surface area contributed by atoms with Crippen LogP contribution in [-0.2, 0) is 120 Å². The van der Waals surface area contributed by atoms with Crippen molar-refractivity contribution >= 4 is 74.4 Å². The Balaban J connectivity index is 0.000000187. The lowest BCUT2D eigenvalue weighted by molar-refractivity contribution is -0.144. The van der Waals surface area contributed by atoms with Gasteiger partial charge in [-0.1, -0.05) is 214 Å². The first-order chi connectivity index (χ1) is 58.5. The highest BCUT2D eigenvalue weighted by Crippen LogP contribution is 2.36. The molecule has 652 valence electrons. The summed E-state index contributed by atoms with van der Waals surface area (Å²) >= 11 is 0. The molecule has 4 aromatic heterocycles. The van der Waals surface area contributed by atoms with Gasteiger partial charge in [-0.25, -0.2) is 33.7 Å². The molecule has 0 aliphatic carbocycles. The van der Waals surface area contributed by atoms with Crippen molar-refractivity contribution in [3.05, 3.63) is 252 Å². The average molecular weight is 1760 g/mol. The number of nitrogens with zero attached hydrogens (tertiary/aromatic N) is 8. The zero-order valence-corrected chi connectivity index (χ0v) is 76.2. The second-order valence-electron chi connectivity index (χ2n) is 30.7. The molecule has 4 heterocycles. The molecular weight excluding hydrogens is 1650 g/mol. The normalized spacial score (nSPS) is 11.6. The van der Waals surface area contributed by atoms with Crippen molar-refractivity contribution in [2.45, 2.75) is 166 Å². The first-order valence-electron chi connectivity index (χ1n) is 40.6. The number of rotatable bonds is 30. The maximum atomic E-state index is 12.2. The van der Waals surface area contributed by atoms with Crippen LogP contribution in [0.15, 0.2) is 227 Å². The number of carboxylic acid groups (broad SMARTS) is 2. The number of esters is 2. The number of carbonyl (C=O) groups excluding carboxylic acids is 2. The van der Waals surface area contributed by atoms with Crippen molar-refractivity contribution in [2.75, 3.05) is 38.2 Å². The molecule has 24 nitrogen and oxygen atoms in total. The number of aliphatic carboxylic acids is 2. The quantitative estimate of drug-likeness (QED) is 0.0395. The Kier molecular flexibility index (Phi) is 31.8. The van der Waals surface area contributed by atoms with Crippen LogP contribution in [-0.4, -0.2) is 145 Å². The largest absolute Gasteiger partial charge is 0.480 e. The highest BCUT2D eigenvalue weighted by molar-refractivity contribution is 7.91. The van der Waals surface area contributed by atoms with Crippen LogP contribution < -0.4 is 0 Å². The molecule has 0 amide bonds. The third-order valence-corrected chi connectivity index (χ3v) is 25.1. The predicted octanol–water partition coefficient (Wildman–Crippen LogP) is 18.3. The smallest absolute Gasteiger partial charge is 0.327 e. The minimum atomic E-state index is -3.33. The highest BCUT2D eigenvalue weighted by atomic mass is 32.2. The number of benzene rings is 8. The van der Waals surface area contributed by atoms with Gasteiger partial charge in [-0.3, -0.25) is 37.9 Å². The van der Waals surface area contributed by atoms with Crippen molar-refractivity contribution in [2.24, 2.45) is 0 Å². The van der Waals surface area contributed by atoms with E-state index in [1.54, 1.807) is 47.5 Å². The topological polar surface area (TPSA) is 335 Å². The van der Waals surface area contributed by atoms with E-state index in [0.717, 1.165) is 129 Å². The minimum Gasteiger partial charge on any atom is -0.480 e. The monoisotopic (exact) mass is 1760 g/mol. The van der Waals surface area contributed by atoms with Crippen LogP contribution in [0.1, 0.15) is 140 Å². The van der Waals surface area contributed by atoms with Gasteiger partial charge in [0.05, 0.1) is 78.3 Å². The molecule has 8 aromatic carbocycles. The second kappa shape index (κ2) is 41.3. The molecule has 0 unspecified atom stereocenters. The van der Waals surface area contributed by atoms with Gasteiger partial charge in [-0.05, 0) is 214 Å². The van der Waals surface area contributed by atoms with E-state index in [9.17, 15) is 63.1 Å². The Bertz CT molecular complexity index is 6420. The third kappa shape index (κ3) is 24.6. The van der Waals surface area contributed by atoms with E-state index in [1.807, 2.05) is 225 Å². The molecule has 28 heteroatoms. The van der Waals surface area contributed by atoms with E-state index in [0.29, 0.717) is 75.6 Å². The zero-order chi connectivity index (χ0) is 91.0. The van der Waals surface area contributed by atoms with E-state index in [1.165, 1.54) is 34.4 Å². The van der Waals surface area contributed by atoms with Crippen molar-refractivity contribution in [1.29, 1.82) is 0 Å². The van der Waals surface area contributed by atoms with Crippen molar-refractivity contribution in [1.82, 2.24) is 39.1 Å². The summed E-state index contributed by atoms with van der Waals surface area (Å²) < 4.78 is 114. The SMILES string of the molecule is C=C(C)c1cc(-c2ccc(-c3ccc(CC)c(S(C)(=O)=O)c3)cc2)n(CC(=O)O)n1.C=C(C)c1cc(-c2ccc(-c3ccc(CC)c(S(C)(=O)=O)c3)cc2)n(CC(=O)OCC)n1.CCOC(=O)Cn1nc(C(C)C)cc1-c1ccc(-c2ccc(CC)c(S(C)(=O)=O)c2)cc1.CCc1ccc(-c2ccc(-c3cc(C(C)C)nn3CC(=O)O)cc2)cc1S(C)(=O)=O. The Hall–Kier alpha value is -12.2. The van der Waals surface area contributed by atoms with Crippen LogP contribution in [0.5, 0.6) is 0 Å². The van der Waals surface area contributed by atoms with Crippen molar-refractivity contribution < 1.29 is 72.5 Å². The van der Waals surface area contributed by atoms with Gasteiger partial charge in [0.25, 0.3) is 0 Å². The number of allylic oxidation sites excluding steroid dienone is 2. The lowest BCUT2D eigenvalue weighted by Gasteiger charge is -2.11.